The van der Waals surface area contributed by atoms with Crippen molar-refractivity contribution in [2.45, 2.75) is 33.2 Å². The Bertz CT molecular complexity index is 432. The van der Waals surface area contributed by atoms with Gasteiger partial charge >= 0.3 is 5.97 Å². The largest absolute Gasteiger partial charge is 0.481 e. The van der Waals surface area contributed by atoms with Gasteiger partial charge in [0.15, 0.2) is 0 Å². The molecule has 1 heterocycles. The van der Waals surface area contributed by atoms with Gasteiger partial charge in [-0.05, 0) is 17.4 Å². The van der Waals surface area contributed by atoms with Crippen LogP contribution in [0.3, 0.4) is 0 Å². The summed E-state index contributed by atoms with van der Waals surface area (Å²) in [6.07, 6.45) is 2.02. The summed E-state index contributed by atoms with van der Waals surface area (Å²) in [5.41, 5.74) is 1.17. The molecule has 1 aromatic rings. The molecule has 0 bridgehead atoms. The van der Waals surface area contributed by atoms with Crippen molar-refractivity contribution < 1.29 is 9.90 Å². The van der Waals surface area contributed by atoms with Crippen LogP contribution in [0.25, 0.3) is 0 Å². The monoisotopic (exact) mass is 261 g/mol. The standard InChI is InChI=1S/C16H23NO2/c1-3-9-16(2)12-17(11-14(16)15(18)19)10-13-7-5-4-6-8-13/h4-8,14H,3,9-12H2,1-2H3,(H,18,19). The van der Waals surface area contributed by atoms with Gasteiger partial charge in [0.25, 0.3) is 0 Å². The highest BCUT2D eigenvalue weighted by atomic mass is 16.4. The number of carboxylic acids is 1. The second kappa shape index (κ2) is 5.74. The van der Waals surface area contributed by atoms with Gasteiger partial charge in [0.05, 0.1) is 5.92 Å². The van der Waals surface area contributed by atoms with E-state index in [9.17, 15) is 9.90 Å². The summed E-state index contributed by atoms with van der Waals surface area (Å²) in [6.45, 7) is 6.65. The Morgan fingerprint density at radius 2 is 2.11 bits per heavy atom. The highest BCUT2D eigenvalue weighted by Crippen LogP contribution is 2.40. The van der Waals surface area contributed by atoms with E-state index in [1.807, 2.05) is 18.2 Å². The van der Waals surface area contributed by atoms with Gasteiger partial charge < -0.3 is 5.11 Å². The predicted molar refractivity (Wildman–Crippen MR) is 75.9 cm³/mol. The molecule has 0 amide bonds. The minimum absolute atomic E-state index is 0.0879. The lowest BCUT2D eigenvalue weighted by molar-refractivity contribution is -0.144. The van der Waals surface area contributed by atoms with Gasteiger partial charge in [-0.1, -0.05) is 50.6 Å². The Balaban J connectivity index is 2.08. The van der Waals surface area contributed by atoms with Crippen molar-refractivity contribution in [1.29, 1.82) is 0 Å². The molecule has 19 heavy (non-hydrogen) atoms. The van der Waals surface area contributed by atoms with Crippen molar-refractivity contribution in [3.05, 3.63) is 35.9 Å². The Morgan fingerprint density at radius 3 is 2.68 bits per heavy atom. The first-order chi connectivity index (χ1) is 9.05. The summed E-state index contributed by atoms with van der Waals surface area (Å²) in [4.78, 5) is 13.7. The van der Waals surface area contributed by atoms with E-state index in [-0.39, 0.29) is 11.3 Å². The first-order valence-electron chi connectivity index (χ1n) is 7.04. The van der Waals surface area contributed by atoms with Gasteiger partial charge in [-0.2, -0.15) is 0 Å². The predicted octanol–water partition coefficient (Wildman–Crippen LogP) is 3.01. The van der Waals surface area contributed by atoms with E-state index in [0.29, 0.717) is 6.54 Å². The van der Waals surface area contributed by atoms with Crippen molar-refractivity contribution in [3.63, 3.8) is 0 Å². The summed E-state index contributed by atoms with van der Waals surface area (Å²) in [6, 6.07) is 10.3. The third-order valence-electron chi connectivity index (χ3n) is 4.24. The molecule has 1 aliphatic rings. The van der Waals surface area contributed by atoms with Crippen LogP contribution in [0, 0.1) is 11.3 Å². The molecule has 104 valence electrons. The van der Waals surface area contributed by atoms with Crippen molar-refractivity contribution in [3.8, 4) is 0 Å². The van der Waals surface area contributed by atoms with Crippen LogP contribution in [0.5, 0.6) is 0 Å². The maximum absolute atomic E-state index is 11.5. The van der Waals surface area contributed by atoms with E-state index in [1.165, 1.54) is 5.56 Å². The lowest BCUT2D eigenvalue weighted by Crippen LogP contribution is -2.31. The summed E-state index contributed by atoms with van der Waals surface area (Å²) >= 11 is 0. The number of nitrogens with zero attached hydrogens (tertiary/aromatic N) is 1. The number of rotatable bonds is 5. The van der Waals surface area contributed by atoms with Gasteiger partial charge in [-0.15, -0.1) is 0 Å². The summed E-state index contributed by atoms with van der Waals surface area (Å²) in [7, 11) is 0. The maximum Gasteiger partial charge on any atom is 0.308 e. The minimum Gasteiger partial charge on any atom is -0.481 e. The second-order valence-corrected chi connectivity index (χ2v) is 5.95. The zero-order chi connectivity index (χ0) is 13.9. The van der Waals surface area contributed by atoms with Crippen molar-refractivity contribution in [2.75, 3.05) is 13.1 Å². The smallest absolute Gasteiger partial charge is 0.308 e. The SMILES string of the molecule is CCCC1(C)CN(Cc2ccccc2)CC1C(=O)O. The first-order valence-corrected chi connectivity index (χ1v) is 7.04. The summed E-state index contributed by atoms with van der Waals surface area (Å²) in [5.74, 6) is -0.886. The van der Waals surface area contributed by atoms with Crippen LogP contribution in [-0.2, 0) is 11.3 Å². The van der Waals surface area contributed by atoms with Crippen LogP contribution in [0.15, 0.2) is 30.3 Å². The van der Waals surface area contributed by atoms with Crippen molar-refractivity contribution in [1.82, 2.24) is 4.90 Å². The molecule has 3 heteroatoms. The number of benzene rings is 1. The third-order valence-corrected chi connectivity index (χ3v) is 4.24. The second-order valence-electron chi connectivity index (χ2n) is 5.95. The quantitative estimate of drug-likeness (QED) is 0.885. The van der Waals surface area contributed by atoms with E-state index >= 15 is 0 Å². The third kappa shape index (κ3) is 3.16. The zero-order valence-corrected chi connectivity index (χ0v) is 11.8. The van der Waals surface area contributed by atoms with Crippen LogP contribution in [0.4, 0.5) is 0 Å². The fourth-order valence-electron chi connectivity index (χ4n) is 3.33. The number of hydrogen-bond acceptors (Lipinski definition) is 2. The molecule has 0 radical (unpaired) electrons. The molecule has 2 rings (SSSR count). The Morgan fingerprint density at radius 1 is 1.42 bits per heavy atom. The lowest BCUT2D eigenvalue weighted by Gasteiger charge is -2.27. The molecule has 1 aromatic carbocycles. The Labute approximate surface area is 115 Å². The molecule has 0 spiro atoms. The molecule has 2 unspecified atom stereocenters. The minimum atomic E-state index is -0.647. The molecular weight excluding hydrogens is 238 g/mol. The molecule has 0 aliphatic carbocycles. The Hall–Kier alpha value is -1.35. The normalized spacial score (nSPS) is 27.6. The molecule has 0 aromatic heterocycles. The van der Waals surface area contributed by atoms with Crippen molar-refractivity contribution in [2.24, 2.45) is 11.3 Å². The number of hydrogen-bond donors (Lipinski definition) is 1. The fourth-order valence-corrected chi connectivity index (χ4v) is 3.33. The summed E-state index contributed by atoms with van der Waals surface area (Å²) < 4.78 is 0. The number of aliphatic carboxylic acids is 1. The lowest BCUT2D eigenvalue weighted by atomic mass is 9.76. The molecule has 1 fully saturated rings. The molecule has 2 atom stereocenters. The summed E-state index contributed by atoms with van der Waals surface area (Å²) in [5, 5.41) is 9.43. The van der Waals surface area contributed by atoms with Gasteiger partial charge in [0.2, 0.25) is 0 Å². The average molecular weight is 261 g/mol. The molecule has 1 saturated heterocycles. The van der Waals surface area contributed by atoms with Crippen LogP contribution in [0.2, 0.25) is 0 Å². The topological polar surface area (TPSA) is 40.5 Å². The van der Waals surface area contributed by atoms with Gasteiger partial charge in [-0.3, -0.25) is 9.69 Å². The highest BCUT2D eigenvalue weighted by Gasteiger charge is 2.46. The van der Waals surface area contributed by atoms with E-state index in [4.69, 9.17) is 0 Å². The van der Waals surface area contributed by atoms with Gasteiger partial charge in [-0.25, -0.2) is 0 Å². The van der Waals surface area contributed by atoms with Gasteiger partial charge in [0.1, 0.15) is 0 Å². The van der Waals surface area contributed by atoms with Crippen LogP contribution in [-0.4, -0.2) is 29.1 Å². The van der Waals surface area contributed by atoms with Crippen LogP contribution in [0.1, 0.15) is 32.3 Å². The zero-order valence-electron chi connectivity index (χ0n) is 11.8. The highest BCUT2D eigenvalue weighted by molar-refractivity contribution is 5.72. The molecule has 3 nitrogen and oxygen atoms in total. The number of carbonyl (C=O) groups is 1. The fraction of sp³-hybridized carbons (Fsp3) is 0.562. The Kier molecular flexibility index (Phi) is 4.25. The van der Waals surface area contributed by atoms with Gasteiger partial charge in [0, 0.05) is 19.6 Å². The number of likely N-dealkylation sites (tertiary alicyclic amines) is 1. The van der Waals surface area contributed by atoms with Crippen LogP contribution < -0.4 is 0 Å². The molecular formula is C16H23NO2. The molecule has 1 N–H and O–H groups in total. The van der Waals surface area contributed by atoms with E-state index in [2.05, 4.69) is 30.9 Å². The molecule has 0 saturated carbocycles. The van der Waals surface area contributed by atoms with Crippen molar-refractivity contribution >= 4 is 5.97 Å². The first kappa shape index (κ1) is 14.1. The van der Waals surface area contributed by atoms with E-state index in [1.54, 1.807) is 0 Å². The number of carboxylic acid groups (broad SMARTS) is 1. The molecule has 1 aliphatic heterocycles. The maximum atomic E-state index is 11.5. The van der Waals surface area contributed by atoms with E-state index < -0.39 is 5.97 Å². The van der Waals surface area contributed by atoms with Crippen LogP contribution >= 0.6 is 0 Å². The van der Waals surface area contributed by atoms with E-state index in [0.717, 1.165) is 25.9 Å². The average Bonchev–Trinajstić information content (AvgIpc) is 2.68.